The smallest absolute Gasteiger partial charge is 0.0788 e. The largest absolute Gasteiger partial charge is 0.363 e. The number of nitrogens with one attached hydrogen (secondary N) is 1. The first-order chi connectivity index (χ1) is 7.92. The van der Waals surface area contributed by atoms with Crippen LogP contribution >= 0.6 is 0 Å². The quantitative estimate of drug-likeness (QED) is 0.804. The van der Waals surface area contributed by atoms with Crippen LogP contribution in [0.15, 0.2) is 18.3 Å². The molecular formula is C14H21N3. The molecule has 0 saturated heterocycles. The van der Waals surface area contributed by atoms with Gasteiger partial charge in [-0.05, 0) is 32.9 Å². The Bertz CT molecular complexity index is 399. The molecule has 1 heterocycles. The van der Waals surface area contributed by atoms with Gasteiger partial charge in [0.15, 0.2) is 0 Å². The van der Waals surface area contributed by atoms with E-state index >= 15 is 0 Å². The summed E-state index contributed by atoms with van der Waals surface area (Å²) < 4.78 is 0. The molecule has 0 aromatic carbocycles. The summed E-state index contributed by atoms with van der Waals surface area (Å²) in [5, 5.41) is 3.41. The van der Waals surface area contributed by atoms with Crippen LogP contribution in [-0.2, 0) is 6.54 Å². The van der Waals surface area contributed by atoms with Crippen LogP contribution in [0.4, 0.5) is 5.69 Å². The van der Waals surface area contributed by atoms with Crippen molar-refractivity contribution in [2.24, 2.45) is 0 Å². The molecule has 0 aliphatic rings. The van der Waals surface area contributed by atoms with Crippen molar-refractivity contribution in [3.63, 3.8) is 0 Å². The molecule has 1 aromatic heterocycles. The molecule has 1 N–H and O–H groups in total. The van der Waals surface area contributed by atoms with Gasteiger partial charge < -0.3 is 10.2 Å². The van der Waals surface area contributed by atoms with Crippen molar-refractivity contribution in [3.05, 3.63) is 24.0 Å². The highest BCUT2D eigenvalue weighted by atomic mass is 15.1. The highest BCUT2D eigenvalue weighted by Crippen LogP contribution is 2.13. The number of terminal acetylenes is 1. The van der Waals surface area contributed by atoms with Gasteiger partial charge in [0.2, 0.25) is 0 Å². The van der Waals surface area contributed by atoms with Crippen LogP contribution in [0.2, 0.25) is 0 Å². The Morgan fingerprint density at radius 1 is 1.47 bits per heavy atom. The van der Waals surface area contributed by atoms with Crippen molar-refractivity contribution in [3.8, 4) is 12.3 Å². The second kappa shape index (κ2) is 5.70. The van der Waals surface area contributed by atoms with Crippen LogP contribution in [0, 0.1) is 12.3 Å². The molecule has 0 saturated carbocycles. The minimum atomic E-state index is 0.0996. The summed E-state index contributed by atoms with van der Waals surface area (Å²) in [4.78, 5) is 6.37. The molecule has 17 heavy (non-hydrogen) atoms. The van der Waals surface area contributed by atoms with E-state index in [0.717, 1.165) is 17.9 Å². The van der Waals surface area contributed by atoms with E-state index in [-0.39, 0.29) is 5.54 Å². The molecular weight excluding hydrogens is 210 g/mol. The number of rotatable bonds is 4. The van der Waals surface area contributed by atoms with Crippen LogP contribution in [-0.4, -0.2) is 24.1 Å². The van der Waals surface area contributed by atoms with Gasteiger partial charge >= 0.3 is 0 Å². The van der Waals surface area contributed by atoms with Crippen molar-refractivity contribution in [2.75, 3.05) is 18.5 Å². The fourth-order valence-electron chi connectivity index (χ4n) is 1.38. The summed E-state index contributed by atoms with van der Waals surface area (Å²) in [6.07, 6.45) is 7.12. The first-order valence-corrected chi connectivity index (χ1v) is 5.77. The van der Waals surface area contributed by atoms with Gasteiger partial charge in [0.05, 0.1) is 12.2 Å². The minimum absolute atomic E-state index is 0.0996. The van der Waals surface area contributed by atoms with Gasteiger partial charge in [0.25, 0.3) is 0 Å². The summed E-state index contributed by atoms with van der Waals surface area (Å²) in [5.41, 5.74) is 2.23. The highest BCUT2D eigenvalue weighted by molar-refractivity contribution is 5.46. The van der Waals surface area contributed by atoms with E-state index in [0.29, 0.717) is 6.54 Å². The van der Waals surface area contributed by atoms with Crippen molar-refractivity contribution in [1.29, 1.82) is 0 Å². The molecule has 0 atom stereocenters. The number of hydrogen-bond acceptors (Lipinski definition) is 3. The van der Waals surface area contributed by atoms with Crippen LogP contribution in [0.25, 0.3) is 0 Å². The third kappa shape index (κ3) is 4.88. The van der Waals surface area contributed by atoms with Gasteiger partial charge in [-0.3, -0.25) is 4.98 Å². The normalized spacial score (nSPS) is 11.0. The van der Waals surface area contributed by atoms with E-state index < -0.39 is 0 Å². The van der Waals surface area contributed by atoms with Gasteiger partial charge in [-0.2, -0.15) is 0 Å². The number of pyridine rings is 1. The molecule has 0 unspecified atom stereocenters. The zero-order chi connectivity index (χ0) is 12.9. The zero-order valence-corrected chi connectivity index (χ0v) is 11.1. The van der Waals surface area contributed by atoms with Crippen LogP contribution < -0.4 is 10.2 Å². The molecule has 0 fully saturated rings. The molecule has 0 bridgehead atoms. The van der Waals surface area contributed by atoms with E-state index in [1.54, 1.807) is 0 Å². The first kappa shape index (κ1) is 13.5. The molecule has 0 aliphatic heterocycles. The van der Waals surface area contributed by atoms with Crippen molar-refractivity contribution in [1.82, 2.24) is 10.3 Å². The van der Waals surface area contributed by atoms with Gasteiger partial charge in [-0.1, -0.05) is 5.92 Å². The predicted octanol–water partition coefficient (Wildman–Crippen LogP) is 2.04. The molecule has 0 amide bonds. The third-order valence-electron chi connectivity index (χ3n) is 2.37. The molecule has 92 valence electrons. The van der Waals surface area contributed by atoms with E-state index in [4.69, 9.17) is 6.42 Å². The Balaban J connectivity index is 2.70. The first-order valence-electron chi connectivity index (χ1n) is 5.77. The van der Waals surface area contributed by atoms with Crippen molar-refractivity contribution >= 4 is 5.69 Å². The maximum atomic E-state index is 5.30. The van der Waals surface area contributed by atoms with E-state index in [1.165, 1.54) is 0 Å². The highest BCUT2D eigenvalue weighted by Gasteiger charge is 2.09. The Labute approximate surface area is 104 Å². The molecule has 1 rings (SSSR count). The summed E-state index contributed by atoms with van der Waals surface area (Å²) in [6, 6.07) is 4.04. The number of anilines is 1. The van der Waals surface area contributed by atoms with E-state index in [9.17, 15) is 0 Å². The zero-order valence-electron chi connectivity index (χ0n) is 11.1. The van der Waals surface area contributed by atoms with Crippen molar-refractivity contribution < 1.29 is 0 Å². The lowest BCUT2D eigenvalue weighted by Gasteiger charge is -2.21. The molecule has 0 radical (unpaired) electrons. The standard InChI is InChI=1S/C14H21N3/c1-6-9-17(5)13-7-8-15-12(10-13)11-16-14(2,3)4/h1,7-8,10,16H,9,11H2,2-5H3. The Kier molecular flexibility index (Phi) is 4.53. The van der Waals surface area contributed by atoms with Gasteiger partial charge in [0.1, 0.15) is 0 Å². The van der Waals surface area contributed by atoms with Gasteiger partial charge in [0, 0.05) is 31.0 Å². The summed E-state index contributed by atoms with van der Waals surface area (Å²) in [6.45, 7) is 7.79. The Morgan fingerprint density at radius 3 is 2.76 bits per heavy atom. The summed E-state index contributed by atoms with van der Waals surface area (Å²) >= 11 is 0. The lowest BCUT2D eigenvalue weighted by Crippen LogP contribution is -2.35. The Morgan fingerprint density at radius 2 is 2.18 bits per heavy atom. The molecule has 0 aliphatic carbocycles. The fourth-order valence-corrected chi connectivity index (χ4v) is 1.38. The molecule has 1 aromatic rings. The topological polar surface area (TPSA) is 28.2 Å². The third-order valence-corrected chi connectivity index (χ3v) is 2.37. The second-order valence-electron chi connectivity index (χ2n) is 5.17. The second-order valence-corrected chi connectivity index (χ2v) is 5.17. The van der Waals surface area contributed by atoms with Crippen LogP contribution in [0.1, 0.15) is 26.5 Å². The lowest BCUT2D eigenvalue weighted by atomic mass is 10.1. The number of nitrogens with zero attached hydrogens (tertiary/aromatic N) is 2. The van der Waals surface area contributed by atoms with Crippen LogP contribution in [0.5, 0.6) is 0 Å². The van der Waals surface area contributed by atoms with Crippen molar-refractivity contribution in [2.45, 2.75) is 32.9 Å². The number of aromatic nitrogens is 1. The average molecular weight is 231 g/mol. The SMILES string of the molecule is C#CCN(C)c1ccnc(CNC(C)(C)C)c1. The molecule has 0 spiro atoms. The minimum Gasteiger partial charge on any atom is -0.363 e. The maximum absolute atomic E-state index is 5.30. The van der Waals surface area contributed by atoms with E-state index in [1.807, 2.05) is 24.2 Å². The predicted molar refractivity (Wildman–Crippen MR) is 72.9 cm³/mol. The summed E-state index contributed by atoms with van der Waals surface area (Å²) in [7, 11) is 1.98. The lowest BCUT2D eigenvalue weighted by molar-refractivity contribution is 0.421. The Hall–Kier alpha value is -1.53. The van der Waals surface area contributed by atoms with E-state index in [2.05, 4.69) is 43.1 Å². The fraction of sp³-hybridized carbons (Fsp3) is 0.500. The van der Waals surface area contributed by atoms with Crippen LogP contribution in [0.3, 0.4) is 0 Å². The molecule has 3 nitrogen and oxygen atoms in total. The van der Waals surface area contributed by atoms with Gasteiger partial charge in [-0.15, -0.1) is 6.42 Å². The molecule has 3 heteroatoms. The summed E-state index contributed by atoms with van der Waals surface area (Å²) in [5.74, 6) is 2.63. The number of hydrogen-bond donors (Lipinski definition) is 1. The maximum Gasteiger partial charge on any atom is 0.0788 e. The monoisotopic (exact) mass is 231 g/mol. The average Bonchev–Trinajstić information content (AvgIpc) is 2.26. The van der Waals surface area contributed by atoms with Gasteiger partial charge in [-0.25, -0.2) is 0 Å².